The van der Waals surface area contributed by atoms with Gasteiger partial charge in [0.05, 0.1) is 0 Å². The predicted octanol–water partition coefficient (Wildman–Crippen LogP) is 4.51. The lowest BCUT2D eigenvalue weighted by atomic mass is 10.0. The van der Waals surface area contributed by atoms with Crippen molar-refractivity contribution in [3.05, 3.63) is 64.7 Å². The zero-order valence-corrected chi connectivity index (χ0v) is 13.4. The predicted molar refractivity (Wildman–Crippen MR) is 88.9 cm³/mol. The lowest BCUT2D eigenvalue weighted by Gasteiger charge is -2.20. The van der Waals surface area contributed by atoms with Gasteiger partial charge in [0.2, 0.25) is 0 Å². The van der Waals surface area contributed by atoms with Crippen molar-refractivity contribution in [2.45, 2.75) is 39.7 Å². The standard InChI is InChI=1S/C19H25NO/c1-13(2)17-10-7-15(4)18(11-17)21-19(12-20)16-8-5-14(3)6-9-16/h5-11,13,19H,12,20H2,1-4H3. The average Bonchev–Trinajstić information content (AvgIpc) is 2.47. The Morgan fingerprint density at radius 1 is 0.952 bits per heavy atom. The lowest BCUT2D eigenvalue weighted by molar-refractivity contribution is 0.212. The van der Waals surface area contributed by atoms with Gasteiger partial charge in [0, 0.05) is 6.54 Å². The Balaban J connectivity index is 2.26. The third kappa shape index (κ3) is 3.85. The zero-order valence-electron chi connectivity index (χ0n) is 13.4. The topological polar surface area (TPSA) is 35.2 Å². The Kier molecular flexibility index (Phi) is 5.03. The summed E-state index contributed by atoms with van der Waals surface area (Å²) >= 11 is 0. The van der Waals surface area contributed by atoms with E-state index in [-0.39, 0.29) is 6.10 Å². The summed E-state index contributed by atoms with van der Waals surface area (Å²) in [6.07, 6.45) is -0.105. The molecule has 2 N–H and O–H groups in total. The van der Waals surface area contributed by atoms with Crippen LogP contribution in [0.2, 0.25) is 0 Å². The first-order chi connectivity index (χ1) is 10.0. The summed E-state index contributed by atoms with van der Waals surface area (Å²) in [4.78, 5) is 0. The van der Waals surface area contributed by atoms with E-state index in [4.69, 9.17) is 10.5 Å². The molecular weight excluding hydrogens is 258 g/mol. The number of hydrogen-bond donors (Lipinski definition) is 1. The summed E-state index contributed by atoms with van der Waals surface area (Å²) in [6.45, 7) is 9.00. The number of aryl methyl sites for hydroxylation is 2. The maximum atomic E-state index is 6.19. The Morgan fingerprint density at radius 3 is 2.14 bits per heavy atom. The Bertz CT molecular complexity index is 587. The fourth-order valence-corrected chi connectivity index (χ4v) is 2.29. The molecule has 2 heteroatoms. The largest absolute Gasteiger partial charge is 0.484 e. The summed E-state index contributed by atoms with van der Waals surface area (Å²) in [5.41, 5.74) is 10.7. The van der Waals surface area contributed by atoms with Crippen LogP contribution in [-0.2, 0) is 0 Å². The fraction of sp³-hybridized carbons (Fsp3) is 0.368. The lowest BCUT2D eigenvalue weighted by Crippen LogP contribution is -2.19. The van der Waals surface area contributed by atoms with Crippen molar-refractivity contribution < 1.29 is 4.74 Å². The molecule has 0 aliphatic heterocycles. The molecule has 0 fully saturated rings. The number of benzene rings is 2. The SMILES string of the molecule is Cc1ccc(C(CN)Oc2cc(C(C)C)ccc2C)cc1. The van der Waals surface area contributed by atoms with Crippen LogP contribution in [0, 0.1) is 13.8 Å². The summed E-state index contributed by atoms with van der Waals surface area (Å²) in [5, 5.41) is 0. The molecule has 21 heavy (non-hydrogen) atoms. The van der Waals surface area contributed by atoms with Crippen molar-refractivity contribution in [3.63, 3.8) is 0 Å². The second-order valence-corrected chi connectivity index (χ2v) is 5.93. The van der Waals surface area contributed by atoms with Gasteiger partial charge < -0.3 is 10.5 Å². The first kappa shape index (κ1) is 15.6. The zero-order chi connectivity index (χ0) is 15.4. The van der Waals surface area contributed by atoms with E-state index < -0.39 is 0 Å². The molecule has 112 valence electrons. The number of ether oxygens (including phenoxy) is 1. The van der Waals surface area contributed by atoms with Gasteiger partial charge in [-0.15, -0.1) is 0 Å². The fourth-order valence-electron chi connectivity index (χ4n) is 2.29. The van der Waals surface area contributed by atoms with E-state index in [1.165, 1.54) is 11.1 Å². The first-order valence-corrected chi connectivity index (χ1v) is 7.55. The Labute approximate surface area is 127 Å². The molecule has 0 amide bonds. The molecule has 2 aromatic carbocycles. The van der Waals surface area contributed by atoms with Crippen LogP contribution in [0.3, 0.4) is 0 Å². The second kappa shape index (κ2) is 6.77. The van der Waals surface area contributed by atoms with Crippen molar-refractivity contribution in [1.29, 1.82) is 0 Å². The van der Waals surface area contributed by atoms with Gasteiger partial charge in [-0.25, -0.2) is 0 Å². The van der Waals surface area contributed by atoms with Crippen molar-refractivity contribution in [1.82, 2.24) is 0 Å². The van der Waals surface area contributed by atoms with Gasteiger partial charge in [0.15, 0.2) is 0 Å². The molecular formula is C19H25NO. The summed E-state index contributed by atoms with van der Waals surface area (Å²) < 4.78 is 6.19. The van der Waals surface area contributed by atoms with Crippen LogP contribution in [0.1, 0.15) is 48.1 Å². The minimum Gasteiger partial charge on any atom is -0.484 e. The number of rotatable bonds is 5. The van der Waals surface area contributed by atoms with Gasteiger partial charge in [-0.05, 0) is 42.5 Å². The van der Waals surface area contributed by atoms with Crippen molar-refractivity contribution in [2.24, 2.45) is 5.73 Å². The second-order valence-electron chi connectivity index (χ2n) is 5.93. The molecule has 1 atom stereocenters. The molecule has 2 rings (SSSR count). The van der Waals surface area contributed by atoms with Gasteiger partial charge in [-0.2, -0.15) is 0 Å². The molecule has 2 aromatic rings. The summed E-state index contributed by atoms with van der Waals surface area (Å²) in [7, 11) is 0. The molecule has 0 aliphatic carbocycles. The number of nitrogens with two attached hydrogens (primary N) is 1. The number of hydrogen-bond acceptors (Lipinski definition) is 2. The molecule has 0 aliphatic rings. The van der Waals surface area contributed by atoms with Gasteiger partial charge >= 0.3 is 0 Å². The average molecular weight is 283 g/mol. The van der Waals surface area contributed by atoms with Gasteiger partial charge in [0.25, 0.3) is 0 Å². The highest BCUT2D eigenvalue weighted by Crippen LogP contribution is 2.28. The van der Waals surface area contributed by atoms with Crippen molar-refractivity contribution in [2.75, 3.05) is 6.54 Å². The van der Waals surface area contributed by atoms with E-state index in [9.17, 15) is 0 Å². The highest BCUT2D eigenvalue weighted by molar-refractivity contribution is 5.38. The molecule has 0 heterocycles. The maximum absolute atomic E-state index is 6.19. The molecule has 1 unspecified atom stereocenters. The van der Waals surface area contributed by atoms with E-state index in [1.807, 2.05) is 0 Å². The van der Waals surface area contributed by atoms with Crippen LogP contribution in [0.5, 0.6) is 5.75 Å². The molecule has 0 aromatic heterocycles. The van der Waals surface area contributed by atoms with Gasteiger partial charge in [-0.1, -0.05) is 55.8 Å². The normalized spacial score (nSPS) is 12.5. The van der Waals surface area contributed by atoms with Crippen LogP contribution in [-0.4, -0.2) is 6.54 Å². The molecule has 0 radical (unpaired) electrons. The van der Waals surface area contributed by atoms with Crippen molar-refractivity contribution in [3.8, 4) is 5.75 Å². The van der Waals surface area contributed by atoms with E-state index in [1.54, 1.807) is 0 Å². The van der Waals surface area contributed by atoms with Crippen LogP contribution in [0.25, 0.3) is 0 Å². The van der Waals surface area contributed by atoms with Gasteiger partial charge in [-0.3, -0.25) is 0 Å². The third-order valence-electron chi connectivity index (χ3n) is 3.81. The summed E-state index contributed by atoms with van der Waals surface area (Å²) in [6, 6.07) is 14.8. The minimum atomic E-state index is -0.105. The maximum Gasteiger partial charge on any atom is 0.136 e. The smallest absolute Gasteiger partial charge is 0.136 e. The monoisotopic (exact) mass is 283 g/mol. The van der Waals surface area contributed by atoms with Crippen molar-refractivity contribution >= 4 is 0 Å². The molecule has 2 nitrogen and oxygen atoms in total. The highest BCUT2D eigenvalue weighted by Gasteiger charge is 2.13. The molecule has 0 saturated carbocycles. The highest BCUT2D eigenvalue weighted by atomic mass is 16.5. The van der Waals surface area contributed by atoms with E-state index in [2.05, 4.69) is 70.2 Å². The van der Waals surface area contributed by atoms with Crippen LogP contribution >= 0.6 is 0 Å². The van der Waals surface area contributed by atoms with Crippen LogP contribution in [0.15, 0.2) is 42.5 Å². The van der Waals surface area contributed by atoms with E-state index >= 15 is 0 Å². The van der Waals surface area contributed by atoms with E-state index in [0.717, 1.165) is 16.9 Å². The summed E-state index contributed by atoms with van der Waals surface area (Å²) in [5.74, 6) is 1.42. The first-order valence-electron chi connectivity index (χ1n) is 7.55. The van der Waals surface area contributed by atoms with E-state index in [0.29, 0.717) is 12.5 Å². The van der Waals surface area contributed by atoms with Gasteiger partial charge in [0.1, 0.15) is 11.9 Å². The van der Waals surface area contributed by atoms with Crippen LogP contribution in [0.4, 0.5) is 0 Å². The third-order valence-corrected chi connectivity index (χ3v) is 3.81. The molecule has 0 bridgehead atoms. The Hall–Kier alpha value is -1.80. The Morgan fingerprint density at radius 2 is 1.57 bits per heavy atom. The quantitative estimate of drug-likeness (QED) is 0.876. The molecule has 0 spiro atoms. The minimum absolute atomic E-state index is 0.105. The van der Waals surface area contributed by atoms with Crippen LogP contribution < -0.4 is 10.5 Å². The molecule has 0 saturated heterocycles.